The standard InChI is InChI=1S/C24H27NO4/c1-24(2,3)20-11-9-17(10-12-20)23(28)25-14-22(27)29-15-21(26)19-8-7-16-5-4-6-18(16)13-19/h7-13H,4-6,14-15H2,1-3H3,(H,25,28). The number of esters is 1. The van der Waals surface area contributed by atoms with Gasteiger partial charge in [-0.3, -0.25) is 14.4 Å². The van der Waals surface area contributed by atoms with Gasteiger partial charge in [0.1, 0.15) is 6.54 Å². The minimum Gasteiger partial charge on any atom is -0.456 e. The van der Waals surface area contributed by atoms with Crippen LogP contribution in [-0.4, -0.2) is 30.8 Å². The molecule has 0 heterocycles. The van der Waals surface area contributed by atoms with Gasteiger partial charge in [0.25, 0.3) is 5.91 Å². The van der Waals surface area contributed by atoms with Crippen molar-refractivity contribution in [2.45, 2.75) is 45.4 Å². The molecular formula is C24H27NO4. The summed E-state index contributed by atoms with van der Waals surface area (Å²) >= 11 is 0. The van der Waals surface area contributed by atoms with Crippen molar-refractivity contribution in [3.63, 3.8) is 0 Å². The van der Waals surface area contributed by atoms with Crippen LogP contribution in [0.5, 0.6) is 0 Å². The molecule has 0 saturated carbocycles. The number of amides is 1. The molecule has 0 atom stereocenters. The molecule has 1 amide bonds. The Morgan fingerprint density at radius 2 is 1.59 bits per heavy atom. The Labute approximate surface area is 171 Å². The molecule has 0 spiro atoms. The zero-order valence-corrected chi connectivity index (χ0v) is 17.2. The Morgan fingerprint density at radius 1 is 0.931 bits per heavy atom. The minimum atomic E-state index is -0.640. The van der Waals surface area contributed by atoms with E-state index in [1.54, 1.807) is 18.2 Å². The van der Waals surface area contributed by atoms with Crippen LogP contribution in [0.15, 0.2) is 42.5 Å². The third-order valence-electron chi connectivity index (χ3n) is 5.19. The lowest BCUT2D eigenvalue weighted by Crippen LogP contribution is -2.31. The summed E-state index contributed by atoms with van der Waals surface area (Å²) in [5.41, 5.74) is 4.65. The van der Waals surface area contributed by atoms with Gasteiger partial charge >= 0.3 is 5.97 Å². The normalized spacial score (nSPS) is 12.9. The Bertz CT molecular complexity index is 923. The summed E-state index contributed by atoms with van der Waals surface area (Å²) in [7, 11) is 0. The molecule has 0 unspecified atom stereocenters. The van der Waals surface area contributed by atoms with E-state index in [-0.39, 0.29) is 30.3 Å². The molecule has 5 nitrogen and oxygen atoms in total. The van der Waals surface area contributed by atoms with Crippen LogP contribution in [0.1, 0.15) is 64.6 Å². The fourth-order valence-electron chi connectivity index (χ4n) is 3.40. The number of carbonyl (C=O) groups is 3. The van der Waals surface area contributed by atoms with E-state index in [2.05, 4.69) is 26.1 Å². The molecule has 0 aliphatic heterocycles. The highest BCUT2D eigenvalue weighted by Gasteiger charge is 2.17. The van der Waals surface area contributed by atoms with Gasteiger partial charge in [-0.25, -0.2) is 0 Å². The van der Waals surface area contributed by atoms with Crippen LogP contribution >= 0.6 is 0 Å². The first-order valence-corrected chi connectivity index (χ1v) is 9.93. The predicted molar refractivity (Wildman–Crippen MR) is 111 cm³/mol. The molecule has 1 N–H and O–H groups in total. The zero-order valence-electron chi connectivity index (χ0n) is 17.2. The van der Waals surface area contributed by atoms with E-state index in [1.807, 2.05) is 24.3 Å². The summed E-state index contributed by atoms with van der Waals surface area (Å²) in [6, 6.07) is 12.9. The van der Waals surface area contributed by atoms with Crippen LogP contribution in [0.4, 0.5) is 0 Å². The highest BCUT2D eigenvalue weighted by molar-refractivity contribution is 5.99. The van der Waals surface area contributed by atoms with Crippen LogP contribution in [0.3, 0.4) is 0 Å². The van der Waals surface area contributed by atoms with Crippen molar-refractivity contribution >= 4 is 17.7 Å². The highest BCUT2D eigenvalue weighted by atomic mass is 16.5. The van der Waals surface area contributed by atoms with E-state index in [4.69, 9.17) is 4.74 Å². The lowest BCUT2D eigenvalue weighted by atomic mass is 9.87. The van der Waals surface area contributed by atoms with Crippen molar-refractivity contribution in [2.24, 2.45) is 0 Å². The second-order valence-electron chi connectivity index (χ2n) is 8.43. The van der Waals surface area contributed by atoms with Gasteiger partial charge in [-0.05, 0) is 59.6 Å². The maximum atomic E-state index is 12.3. The molecule has 1 aliphatic carbocycles. The predicted octanol–water partition coefficient (Wildman–Crippen LogP) is 3.63. The Kier molecular flexibility index (Phi) is 6.16. The number of benzene rings is 2. The number of nitrogens with one attached hydrogen (secondary N) is 1. The van der Waals surface area contributed by atoms with Crippen molar-refractivity contribution in [3.05, 3.63) is 70.3 Å². The molecule has 1 aliphatic rings. The van der Waals surface area contributed by atoms with Gasteiger partial charge in [0, 0.05) is 11.1 Å². The molecule has 0 radical (unpaired) electrons. The molecular weight excluding hydrogens is 366 g/mol. The van der Waals surface area contributed by atoms with Gasteiger partial charge in [-0.2, -0.15) is 0 Å². The molecule has 0 aromatic heterocycles. The smallest absolute Gasteiger partial charge is 0.325 e. The summed E-state index contributed by atoms with van der Waals surface area (Å²) in [5, 5.41) is 2.53. The second kappa shape index (κ2) is 8.60. The monoisotopic (exact) mass is 393 g/mol. The number of rotatable bonds is 6. The molecule has 2 aromatic rings. The third kappa shape index (κ3) is 5.31. The minimum absolute atomic E-state index is 0.00415. The lowest BCUT2D eigenvalue weighted by Gasteiger charge is -2.19. The number of fused-ring (bicyclic) bond motifs is 1. The molecule has 0 saturated heterocycles. The van der Waals surface area contributed by atoms with E-state index in [0.717, 1.165) is 24.8 Å². The van der Waals surface area contributed by atoms with E-state index in [9.17, 15) is 14.4 Å². The fraction of sp³-hybridized carbons (Fsp3) is 0.375. The molecule has 0 fully saturated rings. The Hall–Kier alpha value is -2.95. The van der Waals surface area contributed by atoms with Crippen LogP contribution < -0.4 is 5.32 Å². The van der Waals surface area contributed by atoms with Crippen molar-refractivity contribution in [1.29, 1.82) is 0 Å². The molecule has 5 heteroatoms. The molecule has 3 rings (SSSR count). The highest BCUT2D eigenvalue weighted by Crippen LogP contribution is 2.23. The third-order valence-corrected chi connectivity index (χ3v) is 5.19. The van der Waals surface area contributed by atoms with Crippen molar-refractivity contribution < 1.29 is 19.1 Å². The fourth-order valence-corrected chi connectivity index (χ4v) is 3.40. The number of ketones is 1. The van der Waals surface area contributed by atoms with Crippen molar-refractivity contribution in [2.75, 3.05) is 13.2 Å². The molecule has 0 bridgehead atoms. The number of hydrogen-bond acceptors (Lipinski definition) is 4. The SMILES string of the molecule is CC(C)(C)c1ccc(C(=O)NCC(=O)OCC(=O)c2ccc3c(c2)CCC3)cc1. The van der Waals surface area contributed by atoms with Gasteiger partial charge in [-0.15, -0.1) is 0 Å². The van der Waals surface area contributed by atoms with Crippen LogP contribution in [0, 0.1) is 0 Å². The summed E-state index contributed by atoms with van der Waals surface area (Å²) in [6.07, 6.45) is 3.15. The molecule has 152 valence electrons. The maximum absolute atomic E-state index is 12.3. The number of hydrogen-bond donors (Lipinski definition) is 1. The summed E-state index contributed by atoms with van der Waals surface area (Å²) in [4.78, 5) is 36.3. The van der Waals surface area contributed by atoms with E-state index in [0.29, 0.717) is 11.1 Å². The summed E-state index contributed by atoms with van der Waals surface area (Å²) < 4.78 is 5.02. The molecule has 29 heavy (non-hydrogen) atoms. The van der Waals surface area contributed by atoms with Crippen LogP contribution in [0.2, 0.25) is 0 Å². The van der Waals surface area contributed by atoms with Gasteiger partial charge in [0.2, 0.25) is 0 Å². The Morgan fingerprint density at radius 3 is 2.28 bits per heavy atom. The van der Waals surface area contributed by atoms with E-state index in [1.165, 1.54) is 11.1 Å². The van der Waals surface area contributed by atoms with Gasteiger partial charge < -0.3 is 10.1 Å². The lowest BCUT2D eigenvalue weighted by molar-refractivity contribution is -0.141. The van der Waals surface area contributed by atoms with Crippen molar-refractivity contribution in [1.82, 2.24) is 5.32 Å². The van der Waals surface area contributed by atoms with Gasteiger partial charge in [0.05, 0.1) is 0 Å². The number of ether oxygens (including phenoxy) is 1. The average Bonchev–Trinajstić information content (AvgIpc) is 3.17. The first-order valence-electron chi connectivity index (χ1n) is 9.93. The average molecular weight is 393 g/mol. The largest absolute Gasteiger partial charge is 0.456 e. The van der Waals surface area contributed by atoms with Gasteiger partial charge in [-0.1, -0.05) is 45.0 Å². The number of Topliss-reactive ketones (excluding diaryl/α,β-unsaturated/α-hetero) is 1. The van der Waals surface area contributed by atoms with Gasteiger partial charge in [0.15, 0.2) is 12.4 Å². The van der Waals surface area contributed by atoms with Crippen LogP contribution in [-0.2, 0) is 27.8 Å². The quantitative estimate of drug-likeness (QED) is 0.601. The van der Waals surface area contributed by atoms with E-state index < -0.39 is 5.97 Å². The summed E-state index contributed by atoms with van der Waals surface area (Å²) in [6.45, 7) is 5.69. The first-order chi connectivity index (χ1) is 13.7. The number of aryl methyl sites for hydroxylation is 2. The zero-order chi connectivity index (χ0) is 21.0. The number of carbonyl (C=O) groups excluding carboxylic acids is 3. The summed E-state index contributed by atoms with van der Waals surface area (Å²) in [5.74, 6) is -1.23. The second-order valence-corrected chi connectivity index (χ2v) is 8.43. The first kappa shape index (κ1) is 20.8. The maximum Gasteiger partial charge on any atom is 0.325 e. The van der Waals surface area contributed by atoms with E-state index >= 15 is 0 Å². The molecule has 2 aromatic carbocycles. The Balaban J connectivity index is 1.46. The van der Waals surface area contributed by atoms with Crippen LogP contribution in [0.25, 0.3) is 0 Å². The van der Waals surface area contributed by atoms with Crippen molar-refractivity contribution in [3.8, 4) is 0 Å². The topological polar surface area (TPSA) is 72.5 Å².